The van der Waals surface area contributed by atoms with Crippen molar-refractivity contribution in [2.24, 2.45) is 0 Å². The van der Waals surface area contributed by atoms with Crippen LogP contribution in [-0.4, -0.2) is 5.91 Å². The van der Waals surface area contributed by atoms with Crippen LogP contribution in [-0.2, 0) is 0 Å². The van der Waals surface area contributed by atoms with Crippen LogP contribution in [0.3, 0.4) is 0 Å². The molecule has 3 nitrogen and oxygen atoms in total. The van der Waals surface area contributed by atoms with Crippen LogP contribution in [0, 0.1) is 6.92 Å². The van der Waals surface area contributed by atoms with E-state index in [-0.39, 0.29) is 11.9 Å². The third-order valence-corrected chi connectivity index (χ3v) is 4.07. The number of nitrogens with one attached hydrogen (secondary N) is 1. The summed E-state index contributed by atoms with van der Waals surface area (Å²) >= 11 is 6.12. The van der Waals surface area contributed by atoms with Crippen LogP contribution in [0.15, 0.2) is 52.9 Å². The molecule has 0 radical (unpaired) electrons. The minimum Gasteiger partial charge on any atom is -0.449 e. The number of carbonyl (C=O) groups excluding carboxylic acids is 1. The average molecular weight is 314 g/mol. The fraction of sp³-hybridized carbons (Fsp3) is 0.167. The number of hydrogen-bond acceptors (Lipinski definition) is 2. The molecule has 0 fully saturated rings. The van der Waals surface area contributed by atoms with Gasteiger partial charge < -0.3 is 9.73 Å². The van der Waals surface area contributed by atoms with Crippen LogP contribution in [0.4, 0.5) is 0 Å². The number of amides is 1. The molecule has 2 aromatic carbocycles. The molecule has 0 aliphatic carbocycles. The van der Waals surface area contributed by atoms with Crippen molar-refractivity contribution in [2.45, 2.75) is 19.9 Å². The first-order chi connectivity index (χ1) is 10.6. The monoisotopic (exact) mass is 313 g/mol. The van der Waals surface area contributed by atoms with E-state index in [0.29, 0.717) is 16.4 Å². The summed E-state index contributed by atoms with van der Waals surface area (Å²) in [5, 5.41) is 4.33. The van der Waals surface area contributed by atoms with Gasteiger partial charge in [-0.3, -0.25) is 4.79 Å². The minimum atomic E-state index is -0.235. The van der Waals surface area contributed by atoms with E-state index < -0.39 is 0 Å². The normalized spacial score (nSPS) is 12.3. The quantitative estimate of drug-likeness (QED) is 0.748. The average Bonchev–Trinajstić information content (AvgIpc) is 2.87. The van der Waals surface area contributed by atoms with Crippen molar-refractivity contribution in [3.8, 4) is 0 Å². The zero-order valence-corrected chi connectivity index (χ0v) is 13.1. The van der Waals surface area contributed by atoms with E-state index >= 15 is 0 Å². The highest BCUT2D eigenvalue weighted by atomic mass is 35.5. The Labute approximate surface area is 133 Å². The van der Waals surface area contributed by atoms with E-state index in [1.54, 1.807) is 6.07 Å². The van der Waals surface area contributed by atoms with E-state index in [9.17, 15) is 4.79 Å². The molecule has 3 aromatic rings. The number of rotatable bonds is 3. The lowest BCUT2D eigenvalue weighted by Crippen LogP contribution is -2.26. The number of halogens is 1. The molecule has 1 aromatic heterocycles. The van der Waals surface area contributed by atoms with Crippen LogP contribution in [0.1, 0.15) is 34.6 Å². The van der Waals surface area contributed by atoms with Gasteiger partial charge in [-0.05, 0) is 25.5 Å². The van der Waals surface area contributed by atoms with Crippen molar-refractivity contribution in [2.75, 3.05) is 0 Å². The largest absolute Gasteiger partial charge is 0.449 e. The Morgan fingerprint density at radius 1 is 1.14 bits per heavy atom. The van der Waals surface area contributed by atoms with Gasteiger partial charge in [-0.15, -0.1) is 0 Å². The summed E-state index contributed by atoms with van der Waals surface area (Å²) in [5.74, 6) is 0.0759. The van der Waals surface area contributed by atoms with Crippen molar-refractivity contribution < 1.29 is 9.21 Å². The van der Waals surface area contributed by atoms with Gasteiger partial charge >= 0.3 is 0 Å². The van der Waals surface area contributed by atoms with Gasteiger partial charge in [0.25, 0.3) is 5.91 Å². The summed E-state index contributed by atoms with van der Waals surface area (Å²) < 4.78 is 5.68. The Balaban J connectivity index is 1.90. The lowest BCUT2D eigenvalue weighted by Gasteiger charge is -2.13. The molecule has 3 rings (SSSR count). The summed E-state index contributed by atoms with van der Waals surface area (Å²) in [6.07, 6.45) is 0. The topological polar surface area (TPSA) is 42.2 Å². The molecule has 1 N–H and O–H groups in total. The molecule has 0 aliphatic rings. The number of hydrogen-bond donors (Lipinski definition) is 1. The molecule has 112 valence electrons. The first-order valence-corrected chi connectivity index (χ1v) is 7.49. The van der Waals surface area contributed by atoms with Gasteiger partial charge in [0.2, 0.25) is 0 Å². The van der Waals surface area contributed by atoms with Crippen LogP contribution >= 0.6 is 11.6 Å². The second-order valence-corrected chi connectivity index (χ2v) is 5.69. The fourth-order valence-corrected chi connectivity index (χ4v) is 2.73. The molecule has 1 amide bonds. The van der Waals surface area contributed by atoms with Gasteiger partial charge in [-0.1, -0.05) is 54.1 Å². The van der Waals surface area contributed by atoms with Crippen molar-refractivity contribution >= 4 is 28.5 Å². The summed E-state index contributed by atoms with van der Waals surface area (Å²) in [5.41, 5.74) is 2.40. The Bertz CT molecular complexity index is 824. The van der Waals surface area contributed by atoms with Gasteiger partial charge in [-0.2, -0.15) is 0 Å². The van der Waals surface area contributed by atoms with E-state index in [1.807, 2.05) is 56.3 Å². The summed E-state index contributed by atoms with van der Waals surface area (Å²) in [7, 11) is 0. The molecule has 1 unspecified atom stereocenters. The molecule has 0 bridgehead atoms. The predicted octanol–water partition coefficient (Wildman–Crippen LogP) is 4.89. The number of para-hydroxylation sites is 1. The SMILES string of the molecule is Cc1c(C(=O)NC(C)c2ccccc2)oc2c(Cl)cccc12. The van der Waals surface area contributed by atoms with Gasteiger partial charge in [0.05, 0.1) is 11.1 Å². The van der Waals surface area contributed by atoms with E-state index in [2.05, 4.69) is 5.32 Å². The Kier molecular flexibility index (Phi) is 3.90. The van der Waals surface area contributed by atoms with E-state index in [1.165, 1.54) is 0 Å². The number of aryl methyl sites for hydroxylation is 1. The van der Waals surface area contributed by atoms with Crippen LogP contribution in [0.25, 0.3) is 11.0 Å². The van der Waals surface area contributed by atoms with Gasteiger partial charge in [-0.25, -0.2) is 0 Å². The van der Waals surface area contributed by atoms with Gasteiger partial charge in [0.1, 0.15) is 0 Å². The van der Waals surface area contributed by atoms with Gasteiger partial charge in [0.15, 0.2) is 11.3 Å². The first kappa shape index (κ1) is 14.7. The molecular formula is C18H16ClNO2. The van der Waals surface area contributed by atoms with E-state index in [4.69, 9.17) is 16.0 Å². The Morgan fingerprint density at radius 3 is 2.55 bits per heavy atom. The molecule has 1 heterocycles. The molecule has 0 saturated heterocycles. The first-order valence-electron chi connectivity index (χ1n) is 7.11. The third kappa shape index (κ3) is 2.60. The molecule has 4 heteroatoms. The van der Waals surface area contributed by atoms with Crippen LogP contribution in [0.5, 0.6) is 0 Å². The van der Waals surface area contributed by atoms with Crippen molar-refractivity contribution in [3.05, 3.63) is 70.4 Å². The number of carbonyl (C=O) groups is 1. The summed E-state index contributed by atoms with van der Waals surface area (Å²) in [6.45, 7) is 3.81. The highest BCUT2D eigenvalue weighted by Crippen LogP contribution is 2.30. The van der Waals surface area contributed by atoms with Crippen molar-refractivity contribution in [1.82, 2.24) is 5.32 Å². The summed E-state index contributed by atoms with van der Waals surface area (Å²) in [6, 6.07) is 15.2. The Morgan fingerprint density at radius 2 is 1.86 bits per heavy atom. The lowest BCUT2D eigenvalue weighted by molar-refractivity contribution is 0.0913. The van der Waals surface area contributed by atoms with E-state index in [0.717, 1.165) is 16.5 Å². The fourth-order valence-electron chi connectivity index (χ4n) is 2.51. The maximum atomic E-state index is 12.5. The van der Waals surface area contributed by atoms with Crippen LogP contribution < -0.4 is 5.32 Å². The second-order valence-electron chi connectivity index (χ2n) is 5.28. The Hall–Kier alpha value is -2.26. The standard InChI is InChI=1S/C18H16ClNO2/c1-11-14-9-6-10-15(19)17(14)22-16(11)18(21)20-12(2)13-7-4-3-5-8-13/h3-10,12H,1-2H3,(H,20,21). The van der Waals surface area contributed by atoms with Crippen molar-refractivity contribution in [1.29, 1.82) is 0 Å². The summed E-state index contributed by atoms with van der Waals surface area (Å²) in [4.78, 5) is 12.5. The lowest BCUT2D eigenvalue weighted by atomic mass is 10.1. The highest BCUT2D eigenvalue weighted by molar-refractivity contribution is 6.35. The smallest absolute Gasteiger partial charge is 0.287 e. The maximum absolute atomic E-state index is 12.5. The number of furan rings is 1. The molecule has 0 aliphatic heterocycles. The predicted molar refractivity (Wildman–Crippen MR) is 88.3 cm³/mol. The van der Waals surface area contributed by atoms with Gasteiger partial charge in [0, 0.05) is 10.9 Å². The van der Waals surface area contributed by atoms with Crippen LogP contribution in [0.2, 0.25) is 5.02 Å². The zero-order chi connectivity index (χ0) is 15.7. The number of fused-ring (bicyclic) bond motifs is 1. The minimum absolute atomic E-state index is 0.100. The second kappa shape index (κ2) is 5.85. The maximum Gasteiger partial charge on any atom is 0.287 e. The molecule has 22 heavy (non-hydrogen) atoms. The van der Waals surface area contributed by atoms with Crippen molar-refractivity contribution in [3.63, 3.8) is 0 Å². The molecular weight excluding hydrogens is 298 g/mol. The highest BCUT2D eigenvalue weighted by Gasteiger charge is 2.20. The third-order valence-electron chi connectivity index (χ3n) is 3.77. The number of benzene rings is 2. The molecule has 0 saturated carbocycles. The zero-order valence-electron chi connectivity index (χ0n) is 12.4. The molecule has 0 spiro atoms. The molecule has 1 atom stereocenters.